The van der Waals surface area contributed by atoms with Crippen molar-refractivity contribution in [1.82, 2.24) is 0 Å². The van der Waals surface area contributed by atoms with Gasteiger partial charge in [-0.15, -0.1) is 0 Å². The van der Waals surface area contributed by atoms with Crippen LogP contribution in [0.3, 0.4) is 0 Å². The third-order valence-electron chi connectivity index (χ3n) is 1.05. The number of carbonyl (C=O) groups excluding carboxylic acids is 1. The van der Waals surface area contributed by atoms with Gasteiger partial charge in [0.25, 0.3) is 6.10 Å². The second kappa shape index (κ2) is 12.8. The molecule has 0 aliphatic rings. The SMILES string of the molecule is C[C@H](N)C(=O)OC(C(=O)O)C(=O)O.[Na].[Na].[Na]. The smallest absolute Gasteiger partial charge is 0.356 e. The molecule has 0 spiro atoms. The van der Waals surface area contributed by atoms with E-state index in [0.29, 0.717) is 0 Å². The molecule has 0 bridgehead atoms. The van der Waals surface area contributed by atoms with Crippen molar-refractivity contribution >= 4 is 107 Å². The molecule has 0 aliphatic carbocycles. The molecule has 0 aromatic rings. The summed E-state index contributed by atoms with van der Waals surface area (Å²) in [5.41, 5.74) is 5.02. The average Bonchev–Trinajstić information content (AvgIpc) is 1.97. The van der Waals surface area contributed by atoms with Gasteiger partial charge in [-0.05, 0) is 6.92 Å². The number of carboxylic acids is 2. The Morgan fingerprint density at radius 1 is 1.06 bits per heavy atom. The zero-order valence-corrected chi connectivity index (χ0v) is 15.8. The molecule has 0 amide bonds. The minimum atomic E-state index is -2.20. The second-order valence-electron chi connectivity index (χ2n) is 2.28. The Balaban J connectivity index is -0.000000240. The van der Waals surface area contributed by atoms with Gasteiger partial charge in [-0.1, -0.05) is 0 Å². The molecule has 0 heterocycles. The number of hydrogen-bond acceptors (Lipinski definition) is 5. The van der Waals surface area contributed by atoms with E-state index < -0.39 is 30.1 Å². The molecule has 7 nitrogen and oxygen atoms in total. The van der Waals surface area contributed by atoms with Gasteiger partial charge in [0.15, 0.2) is 0 Å². The van der Waals surface area contributed by atoms with Crippen LogP contribution in [0.25, 0.3) is 0 Å². The largest absolute Gasteiger partial charge is 0.478 e. The maximum absolute atomic E-state index is 10.7. The van der Waals surface area contributed by atoms with E-state index in [0.717, 1.165) is 0 Å². The number of ether oxygens (including phenoxy) is 1. The third-order valence-corrected chi connectivity index (χ3v) is 1.05. The van der Waals surface area contributed by atoms with Crippen LogP contribution in [0.5, 0.6) is 0 Å². The van der Waals surface area contributed by atoms with Crippen LogP contribution in [0.15, 0.2) is 0 Å². The maximum atomic E-state index is 10.7. The van der Waals surface area contributed by atoms with Crippen LogP contribution in [-0.4, -0.2) is 129 Å². The van der Waals surface area contributed by atoms with E-state index in [9.17, 15) is 14.4 Å². The molecule has 0 fully saturated rings. The summed E-state index contributed by atoms with van der Waals surface area (Å²) in [5, 5.41) is 16.6. The standard InChI is InChI=1S/C6H9NO6.3Na/c1-2(7)6(12)13-3(4(8)9)5(10)11;;;/h2-3H,7H2,1H3,(H,8,9)(H,10,11);;;/t2-;;;/m0.../s1. The Bertz CT molecular complexity index is 232. The van der Waals surface area contributed by atoms with Crippen molar-refractivity contribution in [3.8, 4) is 0 Å². The topological polar surface area (TPSA) is 127 Å². The molecule has 0 aliphatic heterocycles. The summed E-state index contributed by atoms with van der Waals surface area (Å²) in [6.07, 6.45) is -2.20. The molecule has 0 unspecified atom stereocenters. The van der Waals surface area contributed by atoms with Crippen molar-refractivity contribution < 1.29 is 29.3 Å². The molecule has 0 rings (SSSR count). The van der Waals surface area contributed by atoms with Crippen LogP contribution in [0, 0.1) is 0 Å². The minimum Gasteiger partial charge on any atom is -0.478 e. The predicted octanol–water partition coefficient (Wildman–Crippen LogP) is -2.73. The van der Waals surface area contributed by atoms with Crippen molar-refractivity contribution in [2.45, 2.75) is 19.1 Å². The zero-order valence-electron chi connectivity index (χ0n) is 9.76. The monoisotopic (exact) mass is 260 g/mol. The van der Waals surface area contributed by atoms with Crippen molar-refractivity contribution in [1.29, 1.82) is 0 Å². The van der Waals surface area contributed by atoms with Gasteiger partial charge in [-0.3, -0.25) is 4.79 Å². The molecule has 0 aromatic heterocycles. The van der Waals surface area contributed by atoms with E-state index in [1.165, 1.54) is 6.92 Å². The van der Waals surface area contributed by atoms with Gasteiger partial charge in [0, 0.05) is 88.7 Å². The molecule has 10 heteroatoms. The number of nitrogens with two attached hydrogens (primary N) is 1. The molecule has 0 saturated carbocycles. The second-order valence-corrected chi connectivity index (χ2v) is 2.28. The molecule has 0 aromatic carbocycles. The maximum Gasteiger partial charge on any atom is 0.356 e. The van der Waals surface area contributed by atoms with Crippen molar-refractivity contribution in [3.63, 3.8) is 0 Å². The number of carbonyl (C=O) groups is 3. The summed E-state index contributed by atoms with van der Waals surface area (Å²) in [6.45, 7) is 1.25. The van der Waals surface area contributed by atoms with Gasteiger partial charge in [0.1, 0.15) is 6.04 Å². The van der Waals surface area contributed by atoms with Crippen molar-refractivity contribution in [2.75, 3.05) is 0 Å². The van der Waals surface area contributed by atoms with Crippen LogP contribution < -0.4 is 5.73 Å². The summed E-state index contributed by atoms with van der Waals surface area (Å²) in [6, 6.07) is -1.05. The minimum absolute atomic E-state index is 0. The molecule has 3 radical (unpaired) electrons. The molecule has 0 saturated heterocycles. The van der Waals surface area contributed by atoms with E-state index in [4.69, 9.17) is 15.9 Å². The van der Waals surface area contributed by atoms with Gasteiger partial charge >= 0.3 is 17.9 Å². The molecular formula is C6H9NNa3O6. The fourth-order valence-corrected chi connectivity index (χ4v) is 0.430. The normalized spacial score (nSPS) is 9.94. The molecule has 77 valence electrons. The number of hydrogen-bond donors (Lipinski definition) is 3. The predicted molar refractivity (Wildman–Crippen MR) is 56.1 cm³/mol. The van der Waals surface area contributed by atoms with E-state index in [-0.39, 0.29) is 88.7 Å². The van der Waals surface area contributed by atoms with Crippen LogP contribution in [0.1, 0.15) is 6.92 Å². The Labute approximate surface area is 158 Å². The Kier molecular flexibility index (Phi) is 20.9. The van der Waals surface area contributed by atoms with Gasteiger partial charge < -0.3 is 20.7 Å². The Morgan fingerprint density at radius 3 is 1.56 bits per heavy atom. The van der Waals surface area contributed by atoms with Crippen LogP contribution in [0.2, 0.25) is 0 Å². The number of rotatable bonds is 4. The van der Waals surface area contributed by atoms with Gasteiger partial charge in [0.2, 0.25) is 0 Å². The summed E-state index contributed by atoms with van der Waals surface area (Å²) in [4.78, 5) is 31.1. The zero-order chi connectivity index (χ0) is 10.6. The summed E-state index contributed by atoms with van der Waals surface area (Å²) in [7, 11) is 0. The van der Waals surface area contributed by atoms with Crippen LogP contribution >= 0.6 is 0 Å². The van der Waals surface area contributed by atoms with E-state index in [1.807, 2.05) is 0 Å². The van der Waals surface area contributed by atoms with Crippen molar-refractivity contribution in [3.05, 3.63) is 0 Å². The van der Waals surface area contributed by atoms with Gasteiger partial charge in [-0.25, -0.2) is 9.59 Å². The first-order chi connectivity index (χ1) is 5.86. The van der Waals surface area contributed by atoms with Gasteiger partial charge in [-0.2, -0.15) is 0 Å². The summed E-state index contributed by atoms with van der Waals surface area (Å²) in [5.74, 6) is -4.57. The van der Waals surface area contributed by atoms with Crippen LogP contribution in [-0.2, 0) is 19.1 Å². The number of esters is 1. The number of aliphatic carboxylic acids is 2. The summed E-state index contributed by atoms with van der Waals surface area (Å²) >= 11 is 0. The van der Waals surface area contributed by atoms with Crippen molar-refractivity contribution in [2.24, 2.45) is 5.73 Å². The van der Waals surface area contributed by atoms with E-state index in [1.54, 1.807) is 0 Å². The molecule has 4 N–H and O–H groups in total. The molecular weight excluding hydrogens is 251 g/mol. The molecule has 16 heavy (non-hydrogen) atoms. The van der Waals surface area contributed by atoms with E-state index in [2.05, 4.69) is 4.74 Å². The first-order valence-corrected chi connectivity index (χ1v) is 3.28. The fourth-order valence-electron chi connectivity index (χ4n) is 0.430. The van der Waals surface area contributed by atoms with E-state index >= 15 is 0 Å². The average molecular weight is 260 g/mol. The number of carboxylic acid groups (broad SMARTS) is 2. The summed E-state index contributed by atoms with van der Waals surface area (Å²) < 4.78 is 4.07. The quantitative estimate of drug-likeness (QED) is 0.284. The first-order valence-electron chi connectivity index (χ1n) is 3.28. The Hall–Kier alpha value is 1.37. The molecule has 1 atom stereocenters. The first kappa shape index (κ1) is 26.0. The third kappa shape index (κ3) is 10.5. The Morgan fingerprint density at radius 2 is 1.38 bits per heavy atom. The van der Waals surface area contributed by atoms with Gasteiger partial charge in [0.05, 0.1) is 0 Å². The fraction of sp³-hybridized carbons (Fsp3) is 0.500. The van der Waals surface area contributed by atoms with Crippen LogP contribution in [0.4, 0.5) is 0 Å².